The van der Waals surface area contributed by atoms with Crippen molar-refractivity contribution in [3.05, 3.63) is 11.2 Å². The van der Waals surface area contributed by atoms with Crippen LogP contribution >= 0.6 is 11.6 Å². The number of hydrogen-bond donors (Lipinski definition) is 1. The summed E-state index contributed by atoms with van der Waals surface area (Å²) in [7, 11) is -3.17. The van der Waals surface area contributed by atoms with E-state index in [4.69, 9.17) is 16.3 Å². The second kappa shape index (κ2) is 6.76. The summed E-state index contributed by atoms with van der Waals surface area (Å²) in [6.07, 6.45) is 4.36. The second-order valence-corrected chi connectivity index (χ2v) is 7.27. The summed E-state index contributed by atoms with van der Waals surface area (Å²) >= 11 is 5.94. The number of piperidine rings is 1. The lowest BCUT2D eigenvalue weighted by molar-refractivity contribution is 0.322. The Balaban J connectivity index is 2.06. The van der Waals surface area contributed by atoms with Gasteiger partial charge in [-0.05, 0) is 19.8 Å². The molecular formula is C12H19ClN4O3S. The first kappa shape index (κ1) is 16.3. The first-order valence-electron chi connectivity index (χ1n) is 6.77. The molecule has 0 radical (unpaired) electrons. The predicted molar refractivity (Wildman–Crippen MR) is 81.3 cm³/mol. The highest BCUT2D eigenvalue weighted by Crippen LogP contribution is 2.23. The third-order valence-electron chi connectivity index (χ3n) is 3.18. The second-order valence-electron chi connectivity index (χ2n) is 4.88. The van der Waals surface area contributed by atoms with Crippen LogP contribution in [-0.4, -0.2) is 54.7 Å². The molecule has 1 aliphatic heterocycles. The number of rotatable bonds is 5. The molecular weight excluding hydrogens is 316 g/mol. The van der Waals surface area contributed by atoms with E-state index < -0.39 is 10.0 Å². The van der Waals surface area contributed by atoms with Gasteiger partial charge >= 0.3 is 0 Å². The summed E-state index contributed by atoms with van der Waals surface area (Å²) in [5.74, 6) is 0.718. The lowest BCUT2D eigenvalue weighted by Gasteiger charge is -2.31. The minimum Gasteiger partial charge on any atom is -0.477 e. The van der Waals surface area contributed by atoms with Crippen LogP contribution in [0, 0.1) is 0 Å². The number of sulfonamides is 1. The SMILES string of the molecule is CCOc1nc(NC2CCCN(S(C)(=O)=O)C2)ncc1Cl. The number of ether oxygens (including phenoxy) is 1. The molecule has 0 aliphatic carbocycles. The Hall–Kier alpha value is -1.12. The Morgan fingerprint density at radius 2 is 2.33 bits per heavy atom. The number of hydrogen-bond acceptors (Lipinski definition) is 6. The van der Waals surface area contributed by atoms with Gasteiger partial charge in [0.2, 0.25) is 21.9 Å². The van der Waals surface area contributed by atoms with E-state index in [1.54, 1.807) is 0 Å². The highest BCUT2D eigenvalue weighted by molar-refractivity contribution is 7.88. The van der Waals surface area contributed by atoms with Gasteiger partial charge in [0, 0.05) is 19.1 Å². The van der Waals surface area contributed by atoms with Crippen LogP contribution in [0.1, 0.15) is 19.8 Å². The van der Waals surface area contributed by atoms with Crippen LogP contribution < -0.4 is 10.1 Å². The molecule has 9 heteroatoms. The molecule has 0 spiro atoms. The first-order valence-corrected chi connectivity index (χ1v) is 8.99. The van der Waals surface area contributed by atoms with Gasteiger partial charge in [-0.15, -0.1) is 0 Å². The van der Waals surface area contributed by atoms with E-state index in [1.165, 1.54) is 16.8 Å². The Morgan fingerprint density at radius 3 is 3.00 bits per heavy atom. The first-order chi connectivity index (χ1) is 9.90. The zero-order chi connectivity index (χ0) is 15.5. The van der Waals surface area contributed by atoms with Crippen LogP contribution in [0.2, 0.25) is 5.02 Å². The maximum atomic E-state index is 11.6. The molecule has 1 atom stereocenters. The van der Waals surface area contributed by atoms with Gasteiger partial charge in [0.25, 0.3) is 0 Å². The molecule has 1 unspecified atom stereocenters. The third kappa shape index (κ3) is 4.42. The molecule has 2 heterocycles. The maximum Gasteiger partial charge on any atom is 0.237 e. The standard InChI is InChI=1S/C12H19ClN4O3S/c1-3-20-11-10(13)7-14-12(16-11)15-9-5-4-6-17(8-9)21(2,18)19/h7,9H,3-6,8H2,1-2H3,(H,14,15,16). The fourth-order valence-electron chi connectivity index (χ4n) is 2.20. The molecule has 1 aliphatic rings. The molecule has 1 N–H and O–H groups in total. The zero-order valence-corrected chi connectivity index (χ0v) is 13.6. The highest BCUT2D eigenvalue weighted by Gasteiger charge is 2.26. The van der Waals surface area contributed by atoms with Crippen molar-refractivity contribution in [1.29, 1.82) is 0 Å². The Morgan fingerprint density at radius 1 is 1.57 bits per heavy atom. The minimum absolute atomic E-state index is 0.0240. The summed E-state index contributed by atoms with van der Waals surface area (Å²) < 4.78 is 30.0. The largest absolute Gasteiger partial charge is 0.477 e. The average molecular weight is 335 g/mol. The number of nitrogens with one attached hydrogen (secondary N) is 1. The molecule has 0 aromatic carbocycles. The lowest BCUT2D eigenvalue weighted by atomic mass is 10.1. The Kier molecular flexibility index (Phi) is 5.23. The smallest absolute Gasteiger partial charge is 0.237 e. The molecule has 2 rings (SSSR count). The Labute approximate surface area is 129 Å². The lowest BCUT2D eigenvalue weighted by Crippen LogP contribution is -2.44. The topological polar surface area (TPSA) is 84.4 Å². The fraction of sp³-hybridized carbons (Fsp3) is 0.667. The highest BCUT2D eigenvalue weighted by atomic mass is 35.5. The zero-order valence-electron chi connectivity index (χ0n) is 12.0. The van der Waals surface area contributed by atoms with E-state index in [0.717, 1.165) is 12.8 Å². The molecule has 21 heavy (non-hydrogen) atoms. The van der Waals surface area contributed by atoms with Crippen LogP contribution in [0.5, 0.6) is 5.88 Å². The van der Waals surface area contributed by atoms with Gasteiger partial charge in [0.05, 0.1) is 19.1 Å². The average Bonchev–Trinajstić information content (AvgIpc) is 2.42. The molecule has 0 saturated carbocycles. The third-order valence-corrected chi connectivity index (χ3v) is 4.71. The van der Waals surface area contributed by atoms with E-state index in [0.29, 0.717) is 36.5 Å². The fourth-order valence-corrected chi connectivity index (χ4v) is 3.26. The summed E-state index contributed by atoms with van der Waals surface area (Å²) in [6, 6.07) is -0.0240. The van der Waals surface area contributed by atoms with E-state index >= 15 is 0 Å². The summed E-state index contributed by atoms with van der Waals surface area (Å²) in [5.41, 5.74) is 0. The van der Waals surface area contributed by atoms with Gasteiger partial charge < -0.3 is 10.1 Å². The van der Waals surface area contributed by atoms with Crippen molar-refractivity contribution in [2.24, 2.45) is 0 Å². The predicted octanol–water partition coefficient (Wildman–Crippen LogP) is 1.36. The summed E-state index contributed by atoms with van der Waals surface area (Å²) in [6.45, 7) is 3.27. The molecule has 1 saturated heterocycles. The van der Waals surface area contributed by atoms with Crippen LogP contribution in [0.15, 0.2) is 6.20 Å². The van der Waals surface area contributed by atoms with Crippen molar-refractivity contribution < 1.29 is 13.2 Å². The maximum absolute atomic E-state index is 11.6. The van der Waals surface area contributed by atoms with Crippen molar-refractivity contribution >= 4 is 27.6 Å². The van der Waals surface area contributed by atoms with Crippen LogP contribution in [0.25, 0.3) is 0 Å². The van der Waals surface area contributed by atoms with E-state index in [2.05, 4.69) is 15.3 Å². The number of halogens is 1. The van der Waals surface area contributed by atoms with Gasteiger partial charge in [-0.3, -0.25) is 0 Å². The number of aromatic nitrogens is 2. The molecule has 1 fully saturated rings. The van der Waals surface area contributed by atoms with Gasteiger partial charge in [0.15, 0.2) is 0 Å². The normalized spacial score (nSPS) is 20.2. The monoisotopic (exact) mass is 334 g/mol. The van der Waals surface area contributed by atoms with Gasteiger partial charge in [0.1, 0.15) is 5.02 Å². The quantitative estimate of drug-likeness (QED) is 0.875. The van der Waals surface area contributed by atoms with Gasteiger partial charge in [-0.1, -0.05) is 11.6 Å². The van der Waals surface area contributed by atoms with E-state index in [1.807, 2.05) is 6.92 Å². The molecule has 7 nitrogen and oxygen atoms in total. The number of nitrogens with zero attached hydrogens (tertiary/aromatic N) is 3. The molecule has 0 bridgehead atoms. The number of anilines is 1. The van der Waals surface area contributed by atoms with Crippen molar-refractivity contribution in [3.63, 3.8) is 0 Å². The van der Waals surface area contributed by atoms with Crippen LogP contribution in [-0.2, 0) is 10.0 Å². The van der Waals surface area contributed by atoms with Gasteiger partial charge in [-0.2, -0.15) is 4.98 Å². The van der Waals surface area contributed by atoms with Crippen molar-refractivity contribution in [3.8, 4) is 5.88 Å². The van der Waals surface area contributed by atoms with Crippen molar-refractivity contribution in [2.75, 3.05) is 31.3 Å². The Bertz CT molecular complexity index is 596. The summed E-state index contributed by atoms with van der Waals surface area (Å²) in [4.78, 5) is 8.30. The van der Waals surface area contributed by atoms with Crippen LogP contribution in [0.3, 0.4) is 0 Å². The van der Waals surface area contributed by atoms with Crippen molar-refractivity contribution in [1.82, 2.24) is 14.3 Å². The molecule has 1 aromatic heterocycles. The van der Waals surface area contributed by atoms with E-state index in [9.17, 15) is 8.42 Å². The minimum atomic E-state index is -3.17. The van der Waals surface area contributed by atoms with Crippen LogP contribution in [0.4, 0.5) is 5.95 Å². The molecule has 1 aromatic rings. The van der Waals surface area contributed by atoms with Crippen molar-refractivity contribution in [2.45, 2.75) is 25.8 Å². The van der Waals surface area contributed by atoms with E-state index in [-0.39, 0.29) is 6.04 Å². The summed E-state index contributed by atoms with van der Waals surface area (Å²) in [5, 5.41) is 3.49. The molecule has 118 valence electrons. The van der Waals surface area contributed by atoms with Gasteiger partial charge in [-0.25, -0.2) is 17.7 Å². The molecule has 0 amide bonds.